The van der Waals surface area contributed by atoms with Crippen molar-refractivity contribution in [3.63, 3.8) is 0 Å². The Kier molecular flexibility index (Phi) is 4.92. The van der Waals surface area contributed by atoms with Crippen molar-refractivity contribution >= 4 is 21.8 Å². The summed E-state index contributed by atoms with van der Waals surface area (Å²) in [6.07, 6.45) is -8.11. The predicted molar refractivity (Wildman–Crippen MR) is 93.7 cm³/mol. The first kappa shape index (κ1) is 21.2. The van der Waals surface area contributed by atoms with Crippen LogP contribution in [0.5, 0.6) is 0 Å². The number of aliphatic hydroxyl groups excluding tert-OH is 1. The number of halogens is 8. The summed E-state index contributed by atoms with van der Waals surface area (Å²) in [7, 11) is 0. The van der Waals surface area contributed by atoms with Gasteiger partial charge in [-0.3, -0.25) is 4.99 Å². The molecule has 0 radical (unpaired) electrons. The van der Waals surface area contributed by atoms with Crippen molar-refractivity contribution in [2.75, 3.05) is 6.54 Å². The van der Waals surface area contributed by atoms with Crippen LogP contribution in [0.25, 0.3) is 0 Å². The van der Waals surface area contributed by atoms with Gasteiger partial charge in [0.1, 0.15) is 23.6 Å². The molecule has 0 bridgehead atoms. The van der Waals surface area contributed by atoms with E-state index in [2.05, 4.69) is 25.7 Å². The molecule has 2 aliphatic heterocycles. The van der Waals surface area contributed by atoms with Crippen LogP contribution in [0.1, 0.15) is 23.7 Å². The maximum Gasteiger partial charge on any atom is 0.417 e. The molecule has 1 spiro atoms. The summed E-state index contributed by atoms with van der Waals surface area (Å²) in [4.78, 5) is 5.15. The number of rotatable bonds is 2. The van der Waals surface area contributed by atoms with Gasteiger partial charge >= 0.3 is 12.8 Å². The van der Waals surface area contributed by atoms with Gasteiger partial charge in [-0.05, 0) is 33.6 Å². The Bertz CT molecular complexity index is 991. The standard InChI is InChI=1S/C18H12BrF7N2O2/c19-9-2-1-8-12(13(9)21)14(29)10(20)4-17(8)6-28-5-7(18(24,25)26)3-11(15(28)27-17)30-16(22)23/h1-3,5,10,14,16,29H,4,6H2/t10-,14-,17?/m1/s1. The summed E-state index contributed by atoms with van der Waals surface area (Å²) >= 11 is 2.94. The summed E-state index contributed by atoms with van der Waals surface area (Å²) in [6.45, 7) is -3.81. The zero-order valence-electron chi connectivity index (χ0n) is 14.7. The van der Waals surface area contributed by atoms with Crippen LogP contribution < -0.4 is 0 Å². The van der Waals surface area contributed by atoms with Crippen molar-refractivity contribution in [1.82, 2.24) is 4.90 Å². The van der Waals surface area contributed by atoms with Crippen molar-refractivity contribution in [3.05, 3.63) is 57.2 Å². The van der Waals surface area contributed by atoms with E-state index in [4.69, 9.17) is 0 Å². The molecule has 0 saturated carbocycles. The van der Waals surface area contributed by atoms with E-state index in [9.17, 15) is 35.8 Å². The molecule has 12 heteroatoms. The Labute approximate surface area is 173 Å². The van der Waals surface area contributed by atoms with Crippen LogP contribution in [0, 0.1) is 5.82 Å². The Morgan fingerprint density at radius 3 is 2.63 bits per heavy atom. The molecular formula is C18H12BrF7N2O2. The number of aliphatic hydroxyl groups is 1. The van der Waals surface area contributed by atoms with Gasteiger partial charge in [0.2, 0.25) is 0 Å². The number of allylic oxidation sites excluding steroid dienone is 2. The predicted octanol–water partition coefficient (Wildman–Crippen LogP) is 4.86. The fraction of sp³-hybridized carbons (Fsp3) is 0.389. The molecule has 3 atom stereocenters. The summed E-state index contributed by atoms with van der Waals surface area (Å²) < 4.78 is 98.7. The smallest absolute Gasteiger partial charge is 0.417 e. The van der Waals surface area contributed by atoms with Crippen molar-refractivity contribution in [2.45, 2.75) is 37.0 Å². The lowest BCUT2D eigenvalue weighted by atomic mass is 9.74. The van der Waals surface area contributed by atoms with Crippen LogP contribution in [0.3, 0.4) is 0 Å². The van der Waals surface area contributed by atoms with Gasteiger partial charge in [-0.1, -0.05) is 6.07 Å². The van der Waals surface area contributed by atoms with E-state index in [1.165, 1.54) is 12.1 Å². The Morgan fingerprint density at radius 2 is 2.00 bits per heavy atom. The molecule has 4 nitrogen and oxygen atoms in total. The first-order valence-corrected chi connectivity index (χ1v) is 9.35. The third-order valence-corrected chi connectivity index (χ3v) is 5.79. The molecule has 4 rings (SSSR count). The van der Waals surface area contributed by atoms with Crippen molar-refractivity contribution < 1.29 is 40.6 Å². The minimum absolute atomic E-state index is 0.0474. The minimum Gasteiger partial charge on any atom is -0.431 e. The summed E-state index contributed by atoms with van der Waals surface area (Å²) in [5, 5.41) is 10.2. The van der Waals surface area contributed by atoms with Crippen LogP contribution in [0.15, 0.2) is 45.2 Å². The second kappa shape index (κ2) is 6.98. The average molecular weight is 501 g/mol. The van der Waals surface area contributed by atoms with E-state index in [1.807, 2.05) is 0 Å². The zero-order chi connectivity index (χ0) is 22.0. The van der Waals surface area contributed by atoms with E-state index < -0.39 is 54.2 Å². The molecule has 1 aromatic rings. The molecule has 0 fully saturated rings. The summed E-state index contributed by atoms with van der Waals surface area (Å²) in [6, 6.07) is 2.66. The van der Waals surface area contributed by atoms with E-state index in [0.29, 0.717) is 12.3 Å². The van der Waals surface area contributed by atoms with Crippen molar-refractivity contribution in [2.24, 2.45) is 4.99 Å². The Morgan fingerprint density at radius 1 is 1.30 bits per heavy atom. The van der Waals surface area contributed by atoms with E-state index in [-0.39, 0.29) is 28.0 Å². The largest absolute Gasteiger partial charge is 0.431 e. The molecule has 1 aromatic carbocycles. The van der Waals surface area contributed by atoms with Gasteiger partial charge in [-0.15, -0.1) is 0 Å². The van der Waals surface area contributed by atoms with Crippen LogP contribution in [0.4, 0.5) is 30.7 Å². The van der Waals surface area contributed by atoms with Crippen molar-refractivity contribution in [1.29, 1.82) is 0 Å². The van der Waals surface area contributed by atoms with E-state index in [1.54, 1.807) is 0 Å². The van der Waals surface area contributed by atoms with Gasteiger partial charge in [0, 0.05) is 18.2 Å². The highest BCUT2D eigenvalue weighted by atomic mass is 79.9. The lowest BCUT2D eigenvalue weighted by Crippen LogP contribution is -2.41. The molecular weight excluding hydrogens is 489 g/mol. The van der Waals surface area contributed by atoms with Gasteiger partial charge in [0.25, 0.3) is 0 Å². The van der Waals surface area contributed by atoms with E-state index in [0.717, 1.165) is 4.90 Å². The number of fused-ring (bicyclic) bond motifs is 3. The number of aliphatic imine (C=N–C) groups is 1. The summed E-state index contributed by atoms with van der Waals surface area (Å²) in [5.41, 5.74) is -3.19. The summed E-state index contributed by atoms with van der Waals surface area (Å²) in [5.74, 6) is -2.13. The van der Waals surface area contributed by atoms with Crippen LogP contribution in [-0.2, 0) is 10.3 Å². The van der Waals surface area contributed by atoms with Gasteiger partial charge in [0.05, 0.1) is 16.6 Å². The second-order valence-electron chi connectivity index (χ2n) is 7.05. The number of hydrogen-bond acceptors (Lipinski definition) is 4. The molecule has 1 aliphatic carbocycles. The fourth-order valence-corrected chi connectivity index (χ4v) is 4.30. The lowest BCUT2D eigenvalue weighted by Gasteiger charge is -2.38. The zero-order valence-corrected chi connectivity index (χ0v) is 16.3. The van der Waals surface area contributed by atoms with Crippen LogP contribution in [0.2, 0.25) is 0 Å². The SMILES string of the molecule is O[C@H]1c2c(ccc(Br)c2F)C2(C[C@H]1F)CN1C=C(C(F)(F)F)C=C(OC(F)F)C1=N2. The second-order valence-corrected chi connectivity index (χ2v) is 7.91. The number of hydrogen-bond donors (Lipinski definition) is 1. The number of alkyl halides is 6. The molecule has 162 valence electrons. The highest BCUT2D eigenvalue weighted by Crippen LogP contribution is 2.50. The first-order chi connectivity index (χ1) is 13.9. The topological polar surface area (TPSA) is 45.1 Å². The maximum atomic E-state index is 14.6. The van der Waals surface area contributed by atoms with Gasteiger partial charge in [0.15, 0.2) is 11.6 Å². The molecule has 1 unspecified atom stereocenters. The van der Waals surface area contributed by atoms with E-state index >= 15 is 0 Å². The fourth-order valence-electron chi connectivity index (χ4n) is 3.95. The van der Waals surface area contributed by atoms with Crippen molar-refractivity contribution in [3.8, 4) is 0 Å². The highest BCUT2D eigenvalue weighted by molar-refractivity contribution is 9.10. The first-order valence-electron chi connectivity index (χ1n) is 8.56. The van der Waals surface area contributed by atoms with Gasteiger partial charge in [-0.25, -0.2) is 8.78 Å². The molecule has 2 heterocycles. The number of ether oxygens (including phenoxy) is 1. The number of nitrogens with zero attached hydrogens (tertiary/aromatic N) is 2. The quantitative estimate of drug-likeness (QED) is 0.590. The number of benzene rings is 1. The average Bonchev–Trinajstić information content (AvgIpc) is 3.00. The Balaban J connectivity index is 1.87. The molecule has 1 N–H and O–H groups in total. The van der Waals surface area contributed by atoms with Gasteiger partial charge in [-0.2, -0.15) is 22.0 Å². The third-order valence-electron chi connectivity index (χ3n) is 5.17. The Hall–Kier alpha value is -2.08. The third kappa shape index (κ3) is 3.29. The molecule has 30 heavy (non-hydrogen) atoms. The molecule has 0 aromatic heterocycles. The minimum atomic E-state index is -4.86. The highest BCUT2D eigenvalue weighted by Gasteiger charge is 2.52. The van der Waals surface area contributed by atoms with Crippen LogP contribution in [-0.4, -0.2) is 41.3 Å². The molecule has 0 amide bonds. The van der Waals surface area contributed by atoms with Gasteiger partial charge < -0.3 is 14.7 Å². The molecule has 0 saturated heterocycles. The molecule has 3 aliphatic rings. The maximum absolute atomic E-state index is 14.6. The monoisotopic (exact) mass is 500 g/mol. The normalized spacial score (nSPS) is 28.2. The lowest BCUT2D eigenvalue weighted by molar-refractivity contribution is -0.0981. The van der Waals surface area contributed by atoms with Crippen LogP contribution >= 0.6 is 15.9 Å². The number of amidine groups is 1.